The molecular weight excluding hydrogens is 154 g/mol. The van der Waals surface area contributed by atoms with Gasteiger partial charge in [-0.1, -0.05) is 6.92 Å². The highest BCUT2D eigenvalue weighted by Gasteiger charge is 2.40. The van der Waals surface area contributed by atoms with E-state index < -0.39 is 11.5 Å². The number of nitrogens with zero attached hydrogens (tertiary/aromatic N) is 1. The smallest absolute Gasteiger partial charge is 0.324 e. The molecule has 0 aromatic carbocycles. The highest BCUT2D eigenvalue weighted by molar-refractivity contribution is 5.76. The number of carbonyl (C=O) groups is 1. The van der Waals surface area contributed by atoms with Crippen LogP contribution in [0.4, 0.5) is 0 Å². The van der Waals surface area contributed by atoms with E-state index in [2.05, 4.69) is 0 Å². The Balaban J connectivity index is 2.79. The van der Waals surface area contributed by atoms with Crippen LogP contribution < -0.4 is 0 Å². The van der Waals surface area contributed by atoms with Crippen molar-refractivity contribution in [2.45, 2.75) is 32.8 Å². The van der Waals surface area contributed by atoms with Gasteiger partial charge in [0, 0.05) is 0 Å². The van der Waals surface area contributed by atoms with Crippen LogP contribution in [-0.4, -0.2) is 11.6 Å². The van der Waals surface area contributed by atoms with E-state index >= 15 is 0 Å². The minimum absolute atomic E-state index is 0.103. The zero-order valence-electron chi connectivity index (χ0n) is 7.63. The van der Waals surface area contributed by atoms with E-state index in [1.54, 1.807) is 0 Å². The Morgan fingerprint density at radius 2 is 2.25 bits per heavy atom. The average Bonchev–Trinajstić information content (AvgIpc) is 1.82. The first kappa shape index (κ1) is 9.05. The van der Waals surface area contributed by atoms with E-state index in [4.69, 9.17) is 10.00 Å². The normalized spacial score (nSPS) is 33.7. The minimum atomic E-state index is -0.571. The Hall–Kier alpha value is -1.04. The monoisotopic (exact) mass is 167 g/mol. The summed E-state index contributed by atoms with van der Waals surface area (Å²) >= 11 is 0. The van der Waals surface area contributed by atoms with Gasteiger partial charge in [-0.25, -0.2) is 0 Å². The summed E-state index contributed by atoms with van der Waals surface area (Å²) in [6.07, 6.45) is 0.761. The fourth-order valence-corrected chi connectivity index (χ4v) is 1.68. The third-order valence-electron chi connectivity index (χ3n) is 2.15. The van der Waals surface area contributed by atoms with Crippen LogP contribution in [0.25, 0.3) is 0 Å². The van der Waals surface area contributed by atoms with Gasteiger partial charge in [-0.15, -0.1) is 0 Å². The van der Waals surface area contributed by atoms with Gasteiger partial charge in [-0.2, -0.15) is 5.26 Å². The average molecular weight is 167 g/mol. The summed E-state index contributed by atoms with van der Waals surface area (Å²) in [4.78, 5) is 11.2. The largest absolute Gasteiger partial charge is 0.459 e. The number of ether oxygens (including phenoxy) is 1. The summed E-state index contributed by atoms with van der Waals surface area (Å²) in [5.41, 5.74) is -0.399. The predicted octanol–water partition coefficient (Wildman–Crippen LogP) is 1.49. The SMILES string of the molecule is C[C@@H]1CC(C)(C)OC(=O)[C@H]1C#N. The van der Waals surface area contributed by atoms with Gasteiger partial charge >= 0.3 is 5.97 Å². The highest BCUT2D eigenvalue weighted by atomic mass is 16.6. The molecule has 1 saturated heterocycles. The van der Waals surface area contributed by atoms with E-state index in [1.165, 1.54) is 0 Å². The Morgan fingerprint density at radius 3 is 2.67 bits per heavy atom. The van der Waals surface area contributed by atoms with E-state index in [-0.39, 0.29) is 11.9 Å². The van der Waals surface area contributed by atoms with Crippen LogP contribution in [0.3, 0.4) is 0 Å². The van der Waals surface area contributed by atoms with Crippen molar-refractivity contribution in [3.05, 3.63) is 0 Å². The minimum Gasteiger partial charge on any atom is -0.459 e. The zero-order valence-corrected chi connectivity index (χ0v) is 7.63. The number of esters is 1. The second-order valence-corrected chi connectivity index (χ2v) is 3.97. The number of carbonyl (C=O) groups excluding carboxylic acids is 1. The highest BCUT2D eigenvalue weighted by Crippen LogP contribution is 2.32. The lowest BCUT2D eigenvalue weighted by Crippen LogP contribution is -2.41. The molecule has 1 fully saturated rings. The lowest BCUT2D eigenvalue weighted by atomic mass is 9.83. The Labute approximate surface area is 72.3 Å². The van der Waals surface area contributed by atoms with Crippen LogP contribution in [0.5, 0.6) is 0 Å². The fourth-order valence-electron chi connectivity index (χ4n) is 1.68. The van der Waals surface area contributed by atoms with Crippen LogP contribution in [0, 0.1) is 23.2 Å². The molecule has 0 amide bonds. The molecule has 1 aliphatic heterocycles. The van der Waals surface area contributed by atoms with Crippen molar-refractivity contribution in [1.82, 2.24) is 0 Å². The first-order chi connectivity index (χ1) is 5.46. The first-order valence-electron chi connectivity index (χ1n) is 4.09. The van der Waals surface area contributed by atoms with Crippen LogP contribution in [-0.2, 0) is 9.53 Å². The lowest BCUT2D eigenvalue weighted by Gasteiger charge is -2.35. The van der Waals surface area contributed by atoms with Gasteiger partial charge in [0.2, 0.25) is 0 Å². The van der Waals surface area contributed by atoms with Crippen molar-refractivity contribution in [2.24, 2.45) is 11.8 Å². The second-order valence-electron chi connectivity index (χ2n) is 3.97. The van der Waals surface area contributed by atoms with Gasteiger partial charge in [-0.3, -0.25) is 4.79 Å². The molecule has 0 saturated carbocycles. The Kier molecular flexibility index (Phi) is 2.10. The maximum atomic E-state index is 11.2. The fraction of sp³-hybridized carbons (Fsp3) is 0.778. The zero-order chi connectivity index (χ0) is 9.35. The molecule has 0 unspecified atom stereocenters. The van der Waals surface area contributed by atoms with Crippen LogP contribution in [0.1, 0.15) is 27.2 Å². The van der Waals surface area contributed by atoms with E-state index in [9.17, 15) is 4.79 Å². The van der Waals surface area contributed by atoms with Gasteiger partial charge < -0.3 is 4.74 Å². The molecule has 12 heavy (non-hydrogen) atoms. The molecule has 0 aromatic heterocycles. The second kappa shape index (κ2) is 2.78. The van der Waals surface area contributed by atoms with Crippen molar-refractivity contribution in [3.63, 3.8) is 0 Å². The maximum absolute atomic E-state index is 11.2. The summed E-state index contributed by atoms with van der Waals surface area (Å²) in [6, 6.07) is 1.97. The first-order valence-corrected chi connectivity index (χ1v) is 4.09. The molecule has 0 N–H and O–H groups in total. The summed E-state index contributed by atoms with van der Waals surface area (Å²) in [5, 5.41) is 8.65. The van der Waals surface area contributed by atoms with Crippen molar-refractivity contribution in [2.75, 3.05) is 0 Å². The van der Waals surface area contributed by atoms with E-state index in [1.807, 2.05) is 26.8 Å². The van der Waals surface area contributed by atoms with Gasteiger partial charge in [-0.05, 0) is 26.2 Å². The predicted molar refractivity (Wildman–Crippen MR) is 43.1 cm³/mol. The topological polar surface area (TPSA) is 50.1 Å². The molecule has 1 heterocycles. The Bertz CT molecular complexity index is 239. The molecule has 3 heteroatoms. The number of hydrogen-bond donors (Lipinski definition) is 0. The molecule has 0 spiro atoms. The van der Waals surface area contributed by atoms with Crippen LogP contribution in [0.15, 0.2) is 0 Å². The van der Waals surface area contributed by atoms with Crippen molar-refractivity contribution < 1.29 is 9.53 Å². The van der Waals surface area contributed by atoms with Crippen molar-refractivity contribution in [1.29, 1.82) is 5.26 Å². The van der Waals surface area contributed by atoms with Gasteiger partial charge in [0.1, 0.15) is 11.5 Å². The third-order valence-corrected chi connectivity index (χ3v) is 2.15. The van der Waals surface area contributed by atoms with Gasteiger partial charge in [0.05, 0.1) is 6.07 Å². The van der Waals surface area contributed by atoms with E-state index in [0.29, 0.717) is 0 Å². The number of nitriles is 1. The standard InChI is InChI=1S/C9H13NO2/c1-6-4-9(2,3)12-8(11)7(6)5-10/h6-7H,4H2,1-3H3/t6-,7+/m1/s1. The summed E-state index contributed by atoms with van der Waals surface area (Å²) in [7, 11) is 0. The van der Waals surface area contributed by atoms with Crippen LogP contribution in [0.2, 0.25) is 0 Å². The third kappa shape index (κ3) is 1.58. The van der Waals surface area contributed by atoms with Crippen molar-refractivity contribution >= 4 is 5.97 Å². The van der Waals surface area contributed by atoms with Gasteiger partial charge in [0.15, 0.2) is 0 Å². The molecule has 0 aliphatic carbocycles. The molecule has 0 bridgehead atoms. The summed E-state index contributed by atoms with van der Waals surface area (Å²) < 4.78 is 5.09. The molecule has 66 valence electrons. The molecule has 1 aliphatic rings. The molecule has 2 atom stereocenters. The van der Waals surface area contributed by atoms with Crippen LogP contribution >= 0.6 is 0 Å². The quantitative estimate of drug-likeness (QED) is 0.513. The number of cyclic esters (lactones) is 1. The summed E-state index contributed by atoms with van der Waals surface area (Å²) in [5.74, 6) is -0.842. The number of hydrogen-bond acceptors (Lipinski definition) is 3. The molecular formula is C9H13NO2. The van der Waals surface area contributed by atoms with Gasteiger partial charge in [0.25, 0.3) is 0 Å². The lowest BCUT2D eigenvalue weighted by molar-refractivity contribution is -0.171. The molecule has 1 rings (SSSR count). The van der Waals surface area contributed by atoms with E-state index in [0.717, 1.165) is 6.42 Å². The summed E-state index contributed by atoms with van der Waals surface area (Å²) in [6.45, 7) is 5.65. The molecule has 3 nitrogen and oxygen atoms in total. The maximum Gasteiger partial charge on any atom is 0.324 e. The Morgan fingerprint density at radius 1 is 1.67 bits per heavy atom. The van der Waals surface area contributed by atoms with Crippen molar-refractivity contribution in [3.8, 4) is 6.07 Å². The molecule has 0 radical (unpaired) electrons. The molecule has 0 aromatic rings. The number of rotatable bonds is 0.